The first kappa shape index (κ1) is 15.3. The number of carbonyl (C=O) groups excluding carboxylic acids is 1. The van der Waals surface area contributed by atoms with Crippen LogP contribution in [0.1, 0.15) is 23.5 Å². The van der Waals surface area contributed by atoms with E-state index in [-0.39, 0.29) is 10.7 Å². The number of benzene rings is 1. The number of hydrogen-bond donors (Lipinski definition) is 2. The molecule has 2 rings (SSSR count). The van der Waals surface area contributed by atoms with Gasteiger partial charge in [0.25, 0.3) is 0 Å². The van der Waals surface area contributed by atoms with E-state index in [1.807, 2.05) is 0 Å². The standard InChI is InChI=1S/C13H11Cl2N3O3/c1-7(18-10(13(20)21)5-6-16-18)12(19)17-9-4-2-3-8(14)11(9)15/h2-7H,1H3,(H,17,19)(H,20,21). The third-order valence-corrected chi connectivity index (χ3v) is 3.66. The molecule has 0 fully saturated rings. The van der Waals surface area contributed by atoms with Gasteiger partial charge in [-0.05, 0) is 25.1 Å². The molecule has 1 amide bonds. The maximum Gasteiger partial charge on any atom is 0.354 e. The van der Waals surface area contributed by atoms with E-state index in [1.165, 1.54) is 19.2 Å². The molecule has 1 heterocycles. The zero-order chi connectivity index (χ0) is 15.6. The second-order valence-corrected chi connectivity index (χ2v) is 5.02. The largest absolute Gasteiger partial charge is 0.477 e. The van der Waals surface area contributed by atoms with Gasteiger partial charge in [-0.15, -0.1) is 0 Å². The van der Waals surface area contributed by atoms with Gasteiger partial charge in [-0.3, -0.25) is 4.79 Å². The lowest BCUT2D eigenvalue weighted by atomic mass is 10.2. The second kappa shape index (κ2) is 6.15. The number of halogens is 2. The summed E-state index contributed by atoms with van der Waals surface area (Å²) in [6.45, 7) is 1.53. The van der Waals surface area contributed by atoms with Gasteiger partial charge in [-0.1, -0.05) is 29.3 Å². The number of aromatic nitrogens is 2. The quantitative estimate of drug-likeness (QED) is 0.903. The van der Waals surface area contributed by atoms with Crippen molar-refractivity contribution in [2.45, 2.75) is 13.0 Å². The van der Waals surface area contributed by atoms with Crippen molar-refractivity contribution in [2.75, 3.05) is 5.32 Å². The van der Waals surface area contributed by atoms with E-state index >= 15 is 0 Å². The lowest BCUT2D eigenvalue weighted by Gasteiger charge is -2.15. The molecule has 1 aromatic heterocycles. The SMILES string of the molecule is CC(C(=O)Nc1cccc(Cl)c1Cl)n1nccc1C(=O)O. The van der Waals surface area contributed by atoms with Crippen LogP contribution in [0.15, 0.2) is 30.5 Å². The van der Waals surface area contributed by atoms with Gasteiger partial charge in [0.1, 0.15) is 11.7 Å². The molecule has 110 valence electrons. The van der Waals surface area contributed by atoms with E-state index in [4.69, 9.17) is 28.3 Å². The van der Waals surface area contributed by atoms with Crippen molar-refractivity contribution in [3.63, 3.8) is 0 Å². The molecule has 2 N–H and O–H groups in total. The van der Waals surface area contributed by atoms with Crippen molar-refractivity contribution in [3.8, 4) is 0 Å². The number of nitrogens with one attached hydrogen (secondary N) is 1. The number of carboxylic acid groups (broad SMARTS) is 1. The average molecular weight is 328 g/mol. The topological polar surface area (TPSA) is 84.2 Å². The molecule has 21 heavy (non-hydrogen) atoms. The predicted octanol–water partition coefficient (Wildman–Crippen LogP) is 3.09. The summed E-state index contributed by atoms with van der Waals surface area (Å²) in [5, 5.41) is 16.0. The molecule has 0 spiro atoms. The maximum absolute atomic E-state index is 12.2. The molecule has 2 aromatic rings. The zero-order valence-corrected chi connectivity index (χ0v) is 12.4. The summed E-state index contributed by atoms with van der Waals surface area (Å²) in [5.74, 6) is -1.61. The van der Waals surface area contributed by atoms with Gasteiger partial charge in [-0.25, -0.2) is 9.48 Å². The number of aromatic carboxylic acids is 1. The molecule has 6 nitrogen and oxygen atoms in total. The summed E-state index contributed by atoms with van der Waals surface area (Å²) in [6, 6.07) is 5.34. The highest BCUT2D eigenvalue weighted by molar-refractivity contribution is 6.44. The number of anilines is 1. The number of nitrogens with zero attached hydrogens (tertiary/aromatic N) is 2. The molecule has 0 aliphatic carbocycles. The first-order valence-corrected chi connectivity index (χ1v) is 6.69. The van der Waals surface area contributed by atoms with Gasteiger partial charge in [0.2, 0.25) is 5.91 Å². The Bertz CT molecular complexity index is 700. The number of amides is 1. The Hall–Kier alpha value is -2.05. The van der Waals surface area contributed by atoms with Crippen molar-refractivity contribution in [3.05, 3.63) is 46.2 Å². The molecule has 0 aliphatic heterocycles. The van der Waals surface area contributed by atoms with Crippen molar-refractivity contribution in [2.24, 2.45) is 0 Å². The van der Waals surface area contributed by atoms with Crippen LogP contribution in [0.3, 0.4) is 0 Å². The Morgan fingerprint density at radius 1 is 1.33 bits per heavy atom. The van der Waals surface area contributed by atoms with Gasteiger partial charge in [0, 0.05) is 6.20 Å². The van der Waals surface area contributed by atoms with E-state index in [9.17, 15) is 9.59 Å². The van der Waals surface area contributed by atoms with Crippen molar-refractivity contribution >= 4 is 40.8 Å². The summed E-state index contributed by atoms with van der Waals surface area (Å²) in [7, 11) is 0. The fourth-order valence-electron chi connectivity index (χ4n) is 1.74. The number of hydrogen-bond acceptors (Lipinski definition) is 3. The summed E-state index contributed by atoms with van der Waals surface area (Å²) < 4.78 is 1.12. The first-order valence-electron chi connectivity index (χ1n) is 5.93. The number of carbonyl (C=O) groups is 2. The van der Waals surface area contributed by atoms with E-state index in [1.54, 1.807) is 18.2 Å². The first-order chi connectivity index (χ1) is 9.91. The van der Waals surface area contributed by atoms with Crippen molar-refractivity contribution in [1.29, 1.82) is 0 Å². The predicted molar refractivity (Wildman–Crippen MR) is 79.0 cm³/mol. The van der Waals surface area contributed by atoms with E-state index in [2.05, 4.69) is 10.4 Å². The van der Waals surface area contributed by atoms with Crippen LogP contribution in [0.2, 0.25) is 10.0 Å². The van der Waals surface area contributed by atoms with Crippen LogP contribution in [0.4, 0.5) is 5.69 Å². The minimum atomic E-state index is -1.16. The Morgan fingerprint density at radius 2 is 2.05 bits per heavy atom. The Morgan fingerprint density at radius 3 is 2.71 bits per heavy atom. The molecule has 1 atom stereocenters. The van der Waals surface area contributed by atoms with Crippen LogP contribution in [-0.4, -0.2) is 26.8 Å². The summed E-state index contributed by atoms with van der Waals surface area (Å²) in [5.41, 5.74) is 0.278. The fraction of sp³-hybridized carbons (Fsp3) is 0.154. The van der Waals surface area contributed by atoms with Gasteiger partial charge in [0.15, 0.2) is 0 Å². The minimum Gasteiger partial charge on any atom is -0.477 e. The summed E-state index contributed by atoms with van der Waals surface area (Å²) >= 11 is 11.9. The molecule has 0 radical (unpaired) electrons. The molecule has 8 heteroatoms. The van der Waals surface area contributed by atoms with Crippen LogP contribution >= 0.6 is 23.2 Å². The molecule has 0 saturated heterocycles. The van der Waals surface area contributed by atoms with Gasteiger partial charge in [-0.2, -0.15) is 5.10 Å². The Labute approximate surface area is 130 Å². The lowest BCUT2D eigenvalue weighted by Crippen LogP contribution is -2.26. The molecule has 0 aliphatic rings. The highest BCUT2D eigenvalue weighted by Crippen LogP contribution is 2.30. The third-order valence-electron chi connectivity index (χ3n) is 2.85. The fourth-order valence-corrected chi connectivity index (χ4v) is 2.09. The third kappa shape index (κ3) is 3.17. The lowest BCUT2D eigenvalue weighted by molar-refractivity contribution is -0.119. The van der Waals surface area contributed by atoms with Crippen LogP contribution in [0, 0.1) is 0 Å². The molecular weight excluding hydrogens is 317 g/mol. The maximum atomic E-state index is 12.2. The highest BCUT2D eigenvalue weighted by Gasteiger charge is 2.22. The van der Waals surface area contributed by atoms with Crippen LogP contribution in [-0.2, 0) is 4.79 Å². The monoisotopic (exact) mass is 327 g/mol. The normalized spacial score (nSPS) is 12.0. The average Bonchev–Trinajstić information content (AvgIpc) is 2.92. The highest BCUT2D eigenvalue weighted by atomic mass is 35.5. The smallest absolute Gasteiger partial charge is 0.354 e. The number of carboxylic acids is 1. The number of rotatable bonds is 4. The molecule has 0 bridgehead atoms. The van der Waals surface area contributed by atoms with Gasteiger partial charge < -0.3 is 10.4 Å². The summed E-state index contributed by atoms with van der Waals surface area (Å²) in [6.07, 6.45) is 1.32. The van der Waals surface area contributed by atoms with Crippen LogP contribution in [0.5, 0.6) is 0 Å². The van der Waals surface area contributed by atoms with E-state index in [0.717, 1.165) is 4.68 Å². The Balaban J connectivity index is 2.22. The summed E-state index contributed by atoms with van der Waals surface area (Å²) in [4.78, 5) is 23.2. The van der Waals surface area contributed by atoms with Gasteiger partial charge in [0.05, 0.1) is 15.7 Å². The molecular formula is C13H11Cl2N3O3. The van der Waals surface area contributed by atoms with E-state index < -0.39 is 17.9 Å². The van der Waals surface area contributed by atoms with E-state index in [0.29, 0.717) is 10.7 Å². The molecule has 1 aromatic carbocycles. The van der Waals surface area contributed by atoms with Gasteiger partial charge >= 0.3 is 5.97 Å². The Kier molecular flexibility index (Phi) is 4.50. The second-order valence-electron chi connectivity index (χ2n) is 4.23. The van der Waals surface area contributed by atoms with Crippen LogP contribution in [0.25, 0.3) is 0 Å². The molecule has 1 unspecified atom stereocenters. The van der Waals surface area contributed by atoms with Crippen molar-refractivity contribution in [1.82, 2.24) is 9.78 Å². The molecule has 0 saturated carbocycles. The van der Waals surface area contributed by atoms with Crippen LogP contribution < -0.4 is 5.32 Å². The zero-order valence-electron chi connectivity index (χ0n) is 10.9. The minimum absolute atomic E-state index is 0.0742. The van der Waals surface area contributed by atoms with Crippen molar-refractivity contribution < 1.29 is 14.7 Å².